The average Bonchev–Trinajstić information content (AvgIpc) is 3.80. The lowest BCUT2D eigenvalue weighted by Gasteiger charge is -2.27. The fraction of sp³-hybridized carbons (Fsp3) is 0.0192. The van der Waals surface area contributed by atoms with Gasteiger partial charge in [-0.3, -0.25) is 0 Å². The van der Waals surface area contributed by atoms with Crippen LogP contribution in [0.4, 0.5) is 17.1 Å². The lowest BCUT2D eigenvalue weighted by molar-refractivity contribution is 0.933. The molecule has 0 radical (unpaired) electrons. The van der Waals surface area contributed by atoms with Gasteiger partial charge in [0, 0.05) is 51.6 Å². The van der Waals surface area contributed by atoms with Crippen molar-refractivity contribution in [3.8, 4) is 50.7 Å². The topological polar surface area (TPSA) is 26.0 Å². The largest absolute Gasteiger partial charge is 0.327 e. The van der Waals surface area contributed by atoms with Gasteiger partial charge in [0.25, 0.3) is 0 Å². The first kappa shape index (κ1) is 33.2. The summed E-state index contributed by atoms with van der Waals surface area (Å²) in [5.74, 6) is 0.926. The van der Waals surface area contributed by atoms with Crippen molar-refractivity contribution in [3.63, 3.8) is 0 Å². The molecule has 10 aromatic rings. The van der Waals surface area contributed by atoms with E-state index < -0.39 is 0 Å². The van der Waals surface area contributed by atoms with Crippen LogP contribution in [0.5, 0.6) is 0 Å². The van der Waals surface area contributed by atoms with E-state index in [1.165, 1.54) is 21.9 Å². The Morgan fingerprint density at radius 3 is 1.70 bits per heavy atom. The van der Waals surface area contributed by atoms with Gasteiger partial charge in [-0.25, -0.2) is 4.98 Å². The molecule has 0 aliphatic carbocycles. The Bertz CT molecular complexity index is 2950. The van der Waals surface area contributed by atoms with Crippen molar-refractivity contribution in [2.75, 3.05) is 4.90 Å². The molecule has 10 rings (SSSR count). The summed E-state index contributed by atoms with van der Waals surface area (Å²) in [7, 11) is 2.12. The van der Waals surface area contributed by atoms with Crippen molar-refractivity contribution in [1.82, 2.24) is 14.1 Å². The van der Waals surface area contributed by atoms with Gasteiger partial charge in [-0.2, -0.15) is 0 Å². The third-order valence-corrected chi connectivity index (χ3v) is 10.7. The van der Waals surface area contributed by atoms with E-state index in [9.17, 15) is 0 Å². The highest BCUT2D eigenvalue weighted by Gasteiger charge is 2.22. The molecule has 0 spiro atoms. The molecule has 0 amide bonds. The second kappa shape index (κ2) is 14.1. The third kappa shape index (κ3) is 5.76. The van der Waals surface area contributed by atoms with Gasteiger partial charge in [0.15, 0.2) is 0 Å². The van der Waals surface area contributed by atoms with Crippen molar-refractivity contribution in [2.24, 2.45) is 7.05 Å². The molecule has 0 saturated carbocycles. The molecular weight excluding hydrogens is 681 g/mol. The predicted molar refractivity (Wildman–Crippen MR) is 234 cm³/mol. The maximum absolute atomic E-state index is 5.28. The maximum Gasteiger partial charge on any atom is 0.140 e. The molecule has 4 heteroatoms. The lowest BCUT2D eigenvalue weighted by atomic mass is 10.0. The summed E-state index contributed by atoms with van der Waals surface area (Å²) in [6.07, 6.45) is 0. The molecule has 0 saturated heterocycles. The van der Waals surface area contributed by atoms with Crippen molar-refractivity contribution in [2.45, 2.75) is 0 Å². The van der Waals surface area contributed by atoms with Crippen LogP contribution in [-0.2, 0) is 7.05 Å². The van der Waals surface area contributed by atoms with E-state index in [4.69, 9.17) is 4.98 Å². The van der Waals surface area contributed by atoms with E-state index >= 15 is 0 Å². The molecule has 8 aromatic carbocycles. The van der Waals surface area contributed by atoms with Crippen LogP contribution in [0.15, 0.2) is 212 Å². The Hall–Kier alpha value is -7.43. The Morgan fingerprint density at radius 1 is 0.429 bits per heavy atom. The molecule has 2 aromatic heterocycles. The Labute approximate surface area is 326 Å². The SMILES string of the molecule is Cn1c(-c2ccc(-n3c4ccccc4c4c(N(c5ccccc5)c5cccc(-c6ccccc6)c5)cccc43)cc2)nc(-c2ccccc2)c1-c1ccccc1. The number of hydrogen-bond acceptors (Lipinski definition) is 2. The van der Waals surface area contributed by atoms with E-state index in [0.29, 0.717) is 0 Å². The Balaban J connectivity index is 1.12. The molecule has 56 heavy (non-hydrogen) atoms. The van der Waals surface area contributed by atoms with Crippen molar-refractivity contribution >= 4 is 38.9 Å². The van der Waals surface area contributed by atoms with E-state index in [0.717, 1.165) is 67.7 Å². The minimum absolute atomic E-state index is 0.926. The third-order valence-electron chi connectivity index (χ3n) is 10.7. The van der Waals surface area contributed by atoms with Gasteiger partial charge in [0.1, 0.15) is 5.82 Å². The number of rotatable bonds is 8. The molecule has 0 atom stereocenters. The number of aromatic nitrogens is 3. The van der Waals surface area contributed by atoms with Crippen molar-refractivity contribution in [1.29, 1.82) is 0 Å². The normalized spacial score (nSPS) is 11.3. The standard InChI is InChI=1S/C52H38N4/c1-54-51(39-22-10-4-11-23-39)50(38-20-8-3-9-21-38)53-52(54)40-32-34-43(35-33-40)56-46-29-15-14-28-45(46)49-47(30-17-31-48(49)56)55(42-25-12-5-13-26-42)44-27-16-24-41(36-44)37-18-6-2-7-19-37/h2-36H,1H3. The van der Waals surface area contributed by atoms with Crippen LogP contribution < -0.4 is 4.90 Å². The smallest absolute Gasteiger partial charge is 0.140 e. The minimum Gasteiger partial charge on any atom is -0.327 e. The number of hydrogen-bond donors (Lipinski definition) is 0. The molecule has 4 nitrogen and oxygen atoms in total. The molecule has 0 aliphatic rings. The van der Waals surface area contributed by atoms with E-state index in [2.05, 4.69) is 233 Å². The van der Waals surface area contributed by atoms with Gasteiger partial charge in [0.05, 0.1) is 28.1 Å². The summed E-state index contributed by atoms with van der Waals surface area (Å²) in [5, 5.41) is 2.40. The van der Waals surface area contributed by atoms with Gasteiger partial charge in [0.2, 0.25) is 0 Å². The maximum atomic E-state index is 5.28. The first-order valence-electron chi connectivity index (χ1n) is 19.0. The average molecular weight is 719 g/mol. The second-order valence-electron chi connectivity index (χ2n) is 14.1. The summed E-state index contributed by atoms with van der Waals surface area (Å²) in [6.45, 7) is 0. The molecule has 0 unspecified atom stereocenters. The molecule has 0 bridgehead atoms. The summed E-state index contributed by atoms with van der Waals surface area (Å²) in [6, 6.07) is 75.5. The summed E-state index contributed by atoms with van der Waals surface area (Å²) < 4.78 is 4.62. The van der Waals surface area contributed by atoms with Crippen LogP contribution in [0.2, 0.25) is 0 Å². The highest BCUT2D eigenvalue weighted by atomic mass is 15.1. The molecule has 0 N–H and O–H groups in total. The van der Waals surface area contributed by atoms with Gasteiger partial charge < -0.3 is 14.0 Å². The zero-order valence-electron chi connectivity index (χ0n) is 31.0. The number of para-hydroxylation sites is 2. The van der Waals surface area contributed by atoms with Crippen LogP contribution in [0.3, 0.4) is 0 Å². The van der Waals surface area contributed by atoms with Crippen LogP contribution in [-0.4, -0.2) is 14.1 Å². The lowest BCUT2D eigenvalue weighted by Crippen LogP contribution is -2.10. The highest BCUT2D eigenvalue weighted by molar-refractivity contribution is 6.16. The number of imidazole rings is 1. The highest BCUT2D eigenvalue weighted by Crippen LogP contribution is 2.44. The van der Waals surface area contributed by atoms with Crippen molar-refractivity contribution < 1.29 is 0 Å². The Kier molecular flexibility index (Phi) is 8.34. The van der Waals surface area contributed by atoms with E-state index in [-0.39, 0.29) is 0 Å². The molecule has 0 aliphatic heterocycles. The summed E-state index contributed by atoms with van der Waals surface area (Å²) in [4.78, 5) is 7.68. The summed E-state index contributed by atoms with van der Waals surface area (Å²) in [5.41, 5.74) is 14.5. The Morgan fingerprint density at radius 2 is 0.982 bits per heavy atom. The van der Waals surface area contributed by atoms with Gasteiger partial charge in [-0.05, 0) is 77.9 Å². The zero-order chi connectivity index (χ0) is 37.4. The fourth-order valence-electron chi connectivity index (χ4n) is 8.16. The number of benzene rings is 8. The molecular formula is C52H38N4. The van der Waals surface area contributed by atoms with E-state index in [1.54, 1.807) is 0 Å². The molecule has 266 valence electrons. The number of nitrogens with zero attached hydrogens (tertiary/aromatic N) is 4. The van der Waals surface area contributed by atoms with E-state index in [1.807, 2.05) is 0 Å². The second-order valence-corrected chi connectivity index (χ2v) is 14.1. The van der Waals surface area contributed by atoms with Gasteiger partial charge >= 0.3 is 0 Å². The van der Waals surface area contributed by atoms with Crippen LogP contribution >= 0.6 is 0 Å². The predicted octanol–water partition coefficient (Wildman–Crippen LogP) is 13.7. The first-order chi connectivity index (χ1) is 27.7. The minimum atomic E-state index is 0.926. The van der Waals surface area contributed by atoms with Crippen molar-refractivity contribution in [3.05, 3.63) is 212 Å². The molecule has 2 heterocycles. The first-order valence-corrected chi connectivity index (χ1v) is 19.0. The molecule has 0 fully saturated rings. The number of anilines is 3. The van der Waals surface area contributed by atoms with Crippen LogP contribution in [0, 0.1) is 0 Å². The van der Waals surface area contributed by atoms with Gasteiger partial charge in [-0.1, -0.05) is 146 Å². The van der Waals surface area contributed by atoms with Crippen LogP contribution in [0.25, 0.3) is 72.5 Å². The zero-order valence-corrected chi connectivity index (χ0v) is 31.0. The quantitative estimate of drug-likeness (QED) is 0.156. The summed E-state index contributed by atoms with van der Waals surface area (Å²) >= 11 is 0. The van der Waals surface area contributed by atoms with Crippen LogP contribution in [0.1, 0.15) is 0 Å². The fourth-order valence-corrected chi connectivity index (χ4v) is 8.16. The number of fused-ring (bicyclic) bond motifs is 3. The monoisotopic (exact) mass is 718 g/mol. The van der Waals surface area contributed by atoms with Gasteiger partial charge in [-0.15, -0.1) is 0 Å².